The molecule has 0 saturated carbocycles. The Kier molecular flexibility index (Phi) is 2.00. The lowest BCUT2D eigenvalue weighted by Crippen LogP contribution is -1.80. The predicted octanol–water partition coefficient (Wildman–Crippen LogP) is 1.64. The Morgan fingerprint density at radius 1 is 1.78 bits per heavy atom. The van der Waals surface area contributed by atoms with Crippen LogP contribution in [0.3, 0.4) is 0 Å². The summed E-state index contributed by atoms with van der Waals surface area (Å²) in [6.45, 7) is 1.90. The van der Waals surface area contributed by atoms with E-state index in [0.717, 1.165) is 5.56 Å². The molecule has 0 aromatic carbocycles. The molecule has 0 spiro atoms. The Morgan fingerprint density at radius 3 is 2.67 bits per heavy atom. The van der Waals surface area contributed by atoms with Crippen molar-refractivity contribution in [3.63, 3.8) is 0 Å². The zero-order valence-electron chi connectivity index (χ0n) is 4.83. The highest BCUT2D eigenvalue weighted by Gasteiger charge is 2.00. The van der Waals surface area contributed by atoms with E-state index < -0.39 is 11.1 Å². The quantitative estimate of drug-likeness (QED) is 0.637. The molecule has 0 bridgehead atoms. The van der Waals surface area contributed by atoms with Gasteiger partial charge >= 0.3 is 0 Å². The van der Waals surface area contributed by atoms with Gasteiger partial charge in [0.2, 0.25) is 0 Å². The highest BCUT2D eigenvalue weighted by atomic mass is 32.2. The Balaban J connectivity index is 2.98. The molecule has 2 nitrogen and oxygen atoms in total. The van der Waals surface area contributed by atoms with Gasteiger partial charge in [0.25, 0.3) is 0 Å². The third-order valence-corrected chi connectivity index (χ3v) is 2.90. The largest absolute Gasteiger partial charge is 0.302 e. The van der Waals surface area contributed by atoms with Crippen LogP contribution in [0.4, 0.5) is 0 Å². The van der Waals surface area contributed by atoms with E-state index in [2.05, 4.69) is 0 Å². The summed E-state index contributed by atoms with van der Waals surface area (Å²) in [6, 6.07) is 1.71. The molecular weight excluding hydrogens is 156 g/mol. The van der Waals surface area contributed by atoms with Gasteiger partial charge in [-0.05, 0) is 23.9 Å². The molecule has 0 aliphatic rings. The molecule has 1 heterocycles. The van der Waals surface area contributed by atoms with Gasteiger partial charge in [-0.3, -0.25) is 0 Å². The van der Waals surface area contributed by atoms with Crippen LogP contribution in [0.5, 0.6) is 0 Å². The second kappa shape index (κ2) is 2.60. The van der Waals surface area contributed by atoms with E-state index in [4.69, 9.17) is 4.55 Å². The Morgan fingerprint density at radius 2 is 2.44 bits per heavy atom. The second-order valence-corrected chi connectivity index (χ2v) is 3.80. The third kappa shape index (κ3) is 1.61. The maximum Gasteiger partial charge on any atom is 0.196 e. The molecule has 1 rings (SSSR count). The van der Waals surface area contributed by atoms with Crippen LogP contribution < -0.4 is 0 Å². The predicted molar refractivity (Wildman–Crippen MR) is 38.1 cm³/mol. The summed E-state index contributed by atoms with van der Waals surface area (Å²) in [4.78, 5) is 0. The number of hydrogen-bond acceptors (Lipinski definition) is 2. The molecule has 1 aromatic rings. The molecule has 1 N–H and O–H groups in total. The highest BCUT2D eigenvalue weighted by Crippen LogP contribution is 2.15. The van der Waals surface area contributed by atoms with E-state index in [-0.39, 0.29) is 0 Å². The molecule has 1 unspecified atom stereocenters. The van der Waals surface area contributed by atoms with E-state index >= 15 is 0 Å². The first kappa shape index (κ1) is 6.92. The standard InChI is InChI=1S/C5H6O2S2/c1-4-2-5(8-3-4)9(6)7/h2-3H,1H3,(H,6,7). The smallest absolute Gasteiger partial charge is 0.196 e. The fourth-order valence-corrected chi connectivity index (χ4v) is 1.88. The molecule has 0 aliphatic carbocycles. The summed E-state index contributed by atoms with van der Waals surface area (Å²) in [5, 5.41) is 1.85. The summed E-state index contributed by atoms with van der Waals surface area (Å²) >= 11 is -0.482. The van der Waals surface area contributed by atoms with E-state index in [1.54, 1.807) is 6.07 Å². The summed E-state index contributed by atoms with van der Waals surface area (Å²) in [5.41, 5.74) is 1.04. The van der Waals surface area contributed by atoms with Crippen molar-refractivity contribution in [3.8, 4) is 0 Å². The fourth-order valence-electron chi connectivity index (χ4n) is 0.497. The van der Waals surface area contributed by atoms with Crippen LogP contribution in [0.2, 0.25) is 0 Å². The zero-order valence-corrected chi connectivity index (χ0v) is 6.46. The monoisotopic (exact) mass is 162 g/mol. The zero-order chi connectivity index (χ0) is 6.85. The summed E-state index contributed by atoms with van der Waals surface area (Å²) in [5.74, 6) is 0. The average Bonchev–Trinajstić information content (AvgIpc) is 2.14. The first-order valence-corrected chi connectivity index (χ1v) is 4.35. The maximum absolute atomic E-state index is 10.3. The number of hydrogen-bond donors (Lipinski definition) is 1. The van der Waals surface area contributed by atoms with Crippen LogP contribution >= 0.6 is 11.3 Å². The Bertz CT molecular complexity index is 229. The summed E-state index contributed by atoms with van der Waals surface area (Å²) in [7, 11) is 0. The molecule has 0 fully saturated rings. The maximum atomic E-state index is 10.3. The molecule has 9 heavy (non-hydrogen) atoms. The molecule has 4 heteroatoms. The van der Waals surface area contributed by atoms with Gasteiger partial charge in [0.15, 0.2) is 11.1 Å². The van der Waals surface area contributed by atoms with E-state index in [1.165, 1.54) is 11.3 Å². The van der Waals surface area contributed by atoms with Crippen molar-refractivity contribution in [2.45, 2.75) is 11.1 Å². The van der Waals surface area contributed by atoms with Crippen LogP contribution in [-0.2, 0) is 11.1 Å². The minimum Gasteiger partial charge on any atom is -0.302 e. The van der Waals surface area contributed by atoms with Crippen molar-refractivity contribution in [2.75, 3.05) is 0 Å². The minimum absolute atomic E-state index is 0.521. The molecule has 1 aromatic heterocycles. The molecular formula is C5H6O2S2. The number of thiophene rings is 1. The van der Waals surface area contributed by atoms with Crippen molar-refractivity contribution >= 4 is 22.4 Å². The van der Waals surface area contributed by atoms with Crippen LogP contribution in [0.25, 0.3) is 0 Å². The van der Waals surface area contributed by atoms with E-state index in [9.17, 15) is 4.21 Å². The molecule has 50 valence electrons. The molecule has 0 aliphatic heterocycles. The van der Waals surface area contributed by atoms with Crippen LogP contribution in [0, 0.1) is 6.92 Å². The number of aryl methyl sites for hydroxylation is 1. The summed E-state index contributed by atoms with van der Waals surface area (Å²) < 4.78 is 19.4. The highest BCUT2D eigenvalue weighted by molar-refractivity contribution is 7.81. The lowest BCUT2D eigenvalue weighted by atomic mass is 10.4. The fraction of sp³-hybridized carbons (Fsp3) is 0.200. The topological polar surface area (TPSA) is 37.3 Å². The first-order valence-electron chi connectivity index (χ1n) is 2.36. The Labute approximate surface area is 59.8 Å². The van der Waals surface area contributed by atoms with Crippen molar-refractivity contribution in [1.82, 2.24) is 0 Å². The van der Waals surface area contributed by atoms with Gasteiger partial charge in [-0.1, -0.05) is 0 Å². The van der Waals surface area contributed by atoms with Gasteiger partial charge in [-0.2, -0.15) is 0 Å². The Hall–Kier alpha value is -0.190. The lowest BCUT2D eigenvalue weighted by molar-refractivity contribution is 0.566. The van der Waals surface area contributed by atoms with Crippen molar-refractivity contribution in [2.24, 2.45) is 0 Å². The molecule has 0 radical (unpaired) electrons. The molecule has 1 atom stereocenters. The first-order chi connectivity index (χ1) is 4.20. The minimum atomic E-state index is -1.79. The SMILES string of the molecule is Cc1csc(S(=O)O)c1. The second-order valence-electron chi connectivity index (χ2n) is 1.69. The van der Waals surface area contributed by atoms with Gasteiger partial charge in [-0.15, -0.1) is 11.3 Å². The summed E-state index contributed by atoms with van der Waals surface area (Å²) in [6.07, 6.45) is 0. The van der Waals surface area contributed by atoms with Crippen LogP contribution in [0.1, 0.15) is 5.56 Å². The van der Waals surface area contributed by atoms with Crippen molar-refractivity contribution in [1.29, 1.82) is 0 Å². The lowest BCUT2D eigenvalue weighted by Gasteiger charge is -1.80. The van der Waals surface area contributed by atoms with E-state index in [1.807, 2.05) is 12.3 Å². The molecule has 0 amide bonds. The van der Waals surface area contributed by atoms with Gasteiger partial charge in [-0.25, -0.2) is 4.21 Å². The van der Waals surface area contributed by atoms with Crippen LogP contribution in [0.15, 0.2) is 15.7 Å². The van der Waals surface area contributed by atoms with Gasteiger partial charge in [0.1, 0.15) is 4.21 Å². The van der Waals surface area contributed by atoms with Gasteiger partial charge < -0.3 is 4.55 Å². The normalized spacial score (nSPS) is 13.6. The molecule has 0 saturated heterocycles. The average molecular weight is 162 g/mol. The van der Waals surface area contributed by atoms with Crippen LogP contribution in [-0.4, -0.2) is 8.76 Å². The van der Waals surface area contributed by atoms with E-state index in [0.29, 0.717) is 4.21 Å². The van der Waals surface area contributed by atoms with Gasteiger partial charge in [0, 0.05) is 0 Å². The van der Waals surface area contributed by atoms with Gasteiger partial charge in [0.05, 0.1) is 0 Å². The van der Waals surface area contributed by atoms with Crippen molar-refractivity contribution < 1.29 is 8.76 Å². The number of rotatable bonds is 1. The van der Waals surface area contributed by atoms with Crippen molar-refractivity contribution in [3.05, 3.63) is 17.0 Å². The third-order valence-electron chi connectivity index (χ3n) is 0.879.